The Morgan fingerprint density at radius 2 is 2.31 bits per heavy atom. The first-order valence-corrected chi connectivity index (χ1v) is 4.93. The highest BCUT2D eigenvalue weighted by Crippen LogP contribution is 2.20. The number of hydrogen-bond acceptors (Lipinski definition) is 2. The molecule has 1 aromatic carbocycles. The summed E-state index contributed by atoms with van der Waals surface area (Å²) in [7, 11) is 1.70. The Labute approximate surface area is 92.7 Å². The second-order valence-electron chi connectivity index (χ2n) is 3.81. The van der Waals surface area contributed by atoms with Crippen molar-refractivity contribution in [3.63, 3.8) is 0 Å². The smallest absolute Gasteiger partial charge is 0.335 e. The third-order valence-corrected chi connectivity index (χ3v) is 2.64. The van der Waals surface area contributed by atoms with E-state index in [2.05, 4.69) is 5.32 Å². The van der Waals surface area contributed by atoms with Crippen LogP contribution in [0.15, 0.2) is 24.3 Å². The lowest BCUT2D eigenvalue weighted by Gasteiger charge is -2.10. The van der Waals surface area contributed by atoms with Crippen LogP contribution in [0.1, 0.15) is 22.0 Å². The van der Waals surface area contributed by atoms with E-state index in [-0.39, 0.29) is 17.6 Å². The van der Waals surface area contributed by atoms with Crippen LogP contribution in [0.4, 0.5) is 4.79 Å². The van der Waals surface area contributed by atoms with E-state index in [1.54, 1.807) is 24.1 Å². The molecule has 0 aromatic heterocycles. The third-order valence-electron chi connectivity index (χ3n) is 2.64. The summed E-state index contributed by atoms with van der Waals surface area (Å²) in [5, 5.41) is 11.6. The van der Waals surface area contributed by atoms with Crippen LogP contribution >= 0.6 is 0 Å². The van der Waals surface area contributed by atoms with Crippen molar-refractivity contribution in [2.75, 3.05) is 13.6 Å². The summed E-state index contributed by atoms with van der Waals surface area (Å²) >= 11 is 0. The quantitative estimate of drug-likeness (QED) is 0.783. The maximum absolute atomic E-state index is 11.3. The van der Waals surface area contributed by atoms with Gasteiger partial charge in [-0.2, -0.15) is 0 Å². The molecule has 1 aliphatic heterocycles. The van der Waals surface area contributed by atoms with Gasteiger partial charge in [-0.25, -0.2) is 9.59 Å². The second kappa shape index (κ2) is 3.84. The summed E-state index contributed by atoms with van der Waals surface area (Å²) in [6.07, 6.45) is 0. The zero-order valence-corrected chi connectivity index (χ0v) is 8.80. The van der Waals surface area contributed by atoms with Gasteiger partial charge in [-0.15, -0.1) is 0 Å². The SMILES string of the molecule is CN1CC(c2cccc(C(=O)O)c2)NC1=O. The van der Waals surface area contributed by atoms with Gasteiger partial charge in [-0.1, -0.05) is 12.1 Å². The van der Waals surface area contributed by atoms with Crippen molar-refractivity contribution >= 4 is 12.0 Å². The lowest BCUT2D eigenvalue weighted by molar-refractivity contribution is 0.0696. The van der Waals surface area contributed by atoms with Crippen molar-refractivity contribution in [1.29, 1.82) is 0 Å². The average molecular weight is 220 g/mol. The minimum atomic E-state index is -0.959. The van der Waals surface area contributed by atoms with Crippen LogP contribution in [-0.4, -0.2) is 35.6 Å². The first kappa shape index (κ1) is 10.5. The number of rotatable bonds is 2. The molecule has 0 spiro atoms. The number of likely N-dealkylation sites (N-methyl/N-ethyl adjacent to an activating group) is 1. The zero-order valence-electron chi connectivity index (χ0n) is 8.80. The third kappa shape index (κ3) is 1.84. The van der Waals surface area contributed by atoms with Gasteiger partial charge >= 0.3 is 12.0 Å². The molecular weight excluding hydrogens is 208 g/mol. The number of benzene rings is 1. The van der Waals surface area contributed by atoms with Crippen molar-refractivity contribution in [3.8, 4) is 0 Å². The van der Waals surface area contributed by atoms with E-state index < -0.39 is 5.97 Å². The summed E-state index contributed by atoms with van der Waals surface area (Å²) in [5.74, 6) is -0.959. The Morgan fingerprint density at radius 1 is 1.56 bits per heavy atom. The number of carboxylic acids is 1. The van der Waals surface area contributed by atoms with Crippen LogP contribution in [0.3, 0.4) is 0 Å². The van der Waals surface area contributed by atoms with E-state index >= 15 is 0 Å². The molecule has 1 atom stereocenters. The number of aromatic carboxylic acids is 1. The van der Waals surface area contributed by atoms with Gasteiger partial charge in [0, 0.05) is 13.6 Å². The van der Waals surface area contributed by atoms with E-state index in [1.165, 1.54) is 6.07 Å². The van der Waals surface area contributed by atoms with Crippen molar-refractivity contribution in [2.24, 2.45) is 0 Å². The molecule has 0 aliphatic carbocycles. The molecule has 2 rings (SSSR count). The molecule has 1 aliphatic rings. The Kier molecular flexibility index (Phi) is 2.52. The molecule has 0 radical (unpaired) electrons. The molecule has 1 aromatic rings. The number of carboxylic acid groups (broad SMARTS) is 1. The fourth-order valence-corrected chi connectivity index (χ4v) is 1.74. The maximum Gasteiger partial charge on any atom is 0.335 e. The molecule has 1 unspecified atom stereocenters. The van der Waals surface area contributed by atoms with Gasteiger partial charge in [0.1, 0.15) is 0 Å². The van der Waals surface area contributed by atoms with Gasteiger partial charge in [-0.05, 0) is 17.7 Å². The summed E-state index contributed by atoms with van der Waals surface area (Å²) < 4.78 is 0. The second-order valence-corrected chi connectivity index (χ2v) is 3.81. The van der Waals surface area contributed by atoms with Crippen LogP contribution in [0.25, 0.3) is 0 Å². The lowest BCUT2D eigenvalue weighted by Crippen LogP contribution is -2.23. The van der Waals surface area contributed by atoms with E-state index in [0.29, 0.717) is 6.54 Å². The summed E-state index contributed by atoms with van der Waals surface area (Å²) in [6, 6.07) is 6.36. The van der Waals surface area contributed by atoms with Crippen LogP contribution < -0.4 is 5.32 Å². The Balaban J connectivity index is 2.25. The molecule has 5 nitrogen and oxygen atoms in total. The number of nitrogens with zero attached hydrogens (tertiary/aromatic N) is 1. The minimum absolute atomic E-state index is 0.128. The Hall–Kier alpha value is -2.04. The molecule has 5 heteroatoms. The van der Waals surface area contributed by atoms with Gasteiger partial charge in [0.05, 0.1) is 11.6 Å². The molecule has 1 heterocycles. The summed E-state index contributed by atoms with van der Waals surface area (Å²) in [4.78, 5) is 23.6. The van der Waals surface area contributed by atoms with E-state index in [1.807, 2.05) is 6.07 Å². The molecule has 2 N–H and O–H groups in total. The largest absolute Gasteiger partial charge is 0.478 e. The molecular formula is C11H12N2O3. The highest BCUT2D eigenvalue weighted by molar-refractivity contribution is 5.87. The Bertz CT molecular complexity index is 445. The number of carbonyl (C=O) groups is 2. The van der Waals surface area contributed by atoms with Crippen molar-refractivity contribution in [1.82, 2.24) is 10.2 Å². The van der Waals surface area contributed by atoms with E-state index in [4.69, 9.17) is 5.11 Å². The van der Waals surface area contributed by atoms with Gasteiger partial charge in [0.25, 0.3) is 0 Å². The molecule has 2 amide bonds. The molecule has 0 bridgehead atoms. The van der Waals surface area contributed by atoms with Crippen molar-refractivity contribution in [3.05, 3.63) is 35.4 Å². The maximum atomic E-state index is 11.3. The molecule has 16 heavy (non-hydrogen) atoms. The molecule has 0 saturated carbocycles. The normalized spacial score (nSPS) is 19.7. The van der Waals surface area contributed by atoms with E-state index in [9.17, 15) is 9.59 Å². The van der Waals surface area contributed by atoms with Crippen LogP contribution in [-0.2, 0) is 0 Å². The van der Waals surface area contributed by atoms with Gasteiger partial charge in [0.15, 0.2) is 0 Å². The summed E-state index contributed by atoms with van der Waals surface area (Å²) in [6.45, 7) is 0.557. The van der Waals surface area contributed by atoms with Crippen LogP contribution in [0.2, 0.25) is 0 Å². The summed E-state index contributed by atoms with van der Waals surface area (Å²) in [5.41, 5.74) is 1.05. The number of amides is 2. The molecule has 84 valence electrons. The van der Waals surface area contributed by atoms with Crippen LogP contribution in [0, 0.1) is 0 Å². The lowest BCUT2D eigenvalue weighted by atomic mass is 10.0. The number of carbonyl (C=O) groups excluding carboxylic acids is 1. The average Bonchev–Trinajstić information content (AvgIpc) is 2.59. The predicted octanol–water partition coefficient (Wildman–Crippen LogP) is 1.08. The van der Waals surface area contributed by atoms with Gasteiger partial charge in [-0.3, -0.25) is 0 Å². The monoisotopic (exact) mass is 220 g/mol. The fourth-order valence-electron chi connectivity index (χ4n) is 1.74. The van der Waals surface area contributed by atoms with Gasteiger partial charge < -0.3 is 15.3 Å². The molecule has 1 fully saturated rings. The number of hydrogen-bond donors (Lipinski definition) is 2. The Morgan fingerprint density at radius 3 is 2.88 bits per heavy atom. The van der Waals surface area contributed by atoms with Crippen LogP contribution in [0.5, 0.6) is 0 Å². The standard InChI is InChI=1S/C11H12N2O3/c1-13-6-9(12-11(13)16)7-3-2-4-8(5-7)10(14)15/h2-5,9H,6H2,1H3,(H,12,16)(H,14,15). The van der Waals surface area contributed by atoms with Crippen molar-refractivity contribution in [2.45, 2.75) is 6.04 Å². The van der Waals surface area contributed by atoms with Gasteiger partial charge in [0.2, 0.25) is 0 Å². The minimum Gasteiger partial charge on any atom is -0.478 e. The van der Waals surface area contributed by atoms with Crippen molar-refractivity contribution < 1.29 is 14.7 Å². The predicted molar refractivity (Wildman–Crippen MR) is 57.3 cm³/mol. The number of nitrogens with one attached hydrogen (secondary N) is 1. The fraction of sp³-hybridized carbons (Fsp3) is 0.273. The molecule has 1 saturated heterocycles. The first-order valence-electron chi connectivity index (χ1n) is 4.93. The zero-order chi connectivity index (χ0) is 11.7. The highest BCUT2D eigenvalue weighted by Gasteiger charge is 2.26. The van der Waals surface area contributed by atoms with E-state index in [0.717, 1.165) is 5.56 Å². The highest BCUT2D eigenvalue weighted by atomic mass is 16.4. The number of urea groups is 1. The first-order chi connectivity index (χ1) is 7.58. The topological polar surface area (TPSA) is 69.6 Å².